The SMILES string of the molecule is CCC(=O)C(=O)OCCCNC. The van der Waals surface area contributed by atoms with E-state index in [2.05, 4.69) is 10.1 Å². The van der Waals surface area contributed by atoms with Gasteiger partial charge in [-0.2, -0.15) is 0 Å². The zero-order valence-electron chi connectivity index (χ0n) is 7.55. The number of hydrogen-bond donors (Lipinski definition) is 1. The van der Waals surface area contributed by atoms with E-state index in [-0.39, 0.29) is 6.42 Å². The van der Waals surface area contributed by atoms with E-state index in [0.29, 0.717) is 6.61 Å². The summed E-state index contributed by atoms with van der Waals surface area (Å²) in [5, 5.41) is 2.91. The van der Waals surface area contributed by atoms with Crippen LogP contribution in [0.1, 0.15) is 19.8 Å². The highest BCUT2D eigenvalue weighted by atomic mass is 16.5. The Morgan fingerprint density at radius 1 is 1.42 bits per heavy atom. The van der Waals surface area contributed by atoms with E-state index in [9.17, 15) is 9.59 Å². The molecule has 0 unspecified atom stereocenters. The van der Waals surface area contributed by atoms with Crippen LogP contribution < -0.4 is 5.32 Å². The quantitative estimate of drug-likeness (QED) is 0.352. The number of carbonyl (C=O) groups is 2. The lowest BCUT2D eigenvalue weighted by molar-refractivity contribution is -0.153. The van der Waals surface area contributed by atoms with Crippen molar-refractivity contribution in [1.29, 1.82) is 0 Å². The molecule has 12 heavy (non-hydrogen) atoms. The summed E-state index contributed by atoms with van der Waals surface area (Å²) in [5.41, 5.74) is 0. The zero-order chi connectivity index (χ0) is 9.40. The van der Waals surface area contributed by atoms with Gasteiger partial charge in [0.15, 0.2) is 0 Å². The molecule has 70 valence electrons. The third-order valence-corrected chi connectivity index (χ3v) is 1.35. The van der Waals surface area contributed by atoms with E-state index in [1.54, 1.807) is 6.92 Å². The van der Waals surface area contributed by atoms with Crippen LogP contribution in [0.4, 0.5) is 0 Å². The van der Waals surface area contributed by atoms with Crippen molar-refractivity contribution < 1.29 is 14.3 Å². The second-order valence-corrected chi connectivity index (χ2v) is 2.37. The molecule has 0 bridgehead atoms. The van der Waals surface area contributed by atoms with E-state index in [1.807, 2.05) is 7.05 Å². The molecule has 0 amide bonds. The van der Waals surface area contributed by atoms with Gasteiger partial charge >= 0.3 is 5.97 Å². The molecular weight excluding hydrogens is 158 g/mol. The summed E-state index contributed by atoms with van der Waals surface area (Å²) in [7, 11) is 1.82. The van der Waals surface area contributed by atoms with Gasteiger partial charge in [0.2, 0.25) is 5.78 Å². The van der Waals surface area contributed by atoms with Crippen LogP contribution in [0.15, 0.2) is 0 Å². The summed E-state index contributed by atoms with van der Waals surface area (Å²) in [6, 6.07) is 0. The lowest BCUT2D eigenvalue weighted by Gasteiger charge is -2.01. The predicted molar refractivity (Wildman–Crippen MR) is 44.8 cm³/mol. The fourth-order valence-electron chi connectivity index (χ4n) is 0.639. The van der Waals surface area contributed by atoms with Gasteiger partial charge in [0.05, 0.1) is 6.61 Å². The number of esters is 1. The van der Waals surface area contributed by atoms with Crippen molar-refractivity contribution in [1.82, 2.24) is 5.32 Å². The Labute approximate surface area is 72.3 Å². The lowest BCUT2D eigenvalue weighted by atomic mass is 10.3. The van der Waals surface area contributed by atoms with Gasteiger partial charge in [0.25, 0.3) is 0 Å². The van der Waals surface area contributed by atoms with E-state index >= 15 is 0 Å². The molecule has 4 nitrogen and oxygen atoms in total. The maximum atomic E-state index is 10.7. The van der Waals surface area contributed by atoms with E-state index < -0.39 is 11.8 Å². The Kier molecular flexibility index (Phi) is 6.28. The summed E-state index contributed by atoms with van der Waals surface area (Å²) in [4.78, 5) is 21.4. The van der Waals surface area contributed by atoms with Gasteiger partial charge < -0.3 is 10.1 Å². The van der Waals surface area contributed by atoms with Crippen molar-refractivity contribution in [3.63, 3.8) is 0 Å². The second-order valence-electron chi connectivity index (χ2n) is 2.37. The van der Waals surface area contributed by atoms with Crippen molar-refractivity contribution in [2.24, 2.45) is 0 Å². The van der Waals surface area contributed by atoms with Crippen molar-refractivity contribution >= 4 is 11.8 Å². The summed E-state index contributed by atoms with van der Waals surface area (Å²) >= 11 is 0. The Bertz CT molecular complexity index is 156. The number of hydrogen-bond acceptors (Lipinski definition) is 4. The van der Waals surface area contributed by atoms with E-state index in [1.165, 1.54) is 0 Å². The van der Waals surface area contributed by atoms with Gasteiger partial charge in [-0.15, -0.1) is 0 Å². The van der Waals surface area contributed by atoms with Crippen molar-refractivity contribution in [2.75, 3.05) is 20.2 Å². The number of Topliss-reactive ketones (excluding diaryl/α,β-unsaturated/α-hetero) is 1. The normalized spacial score (nSPS) is 9.50. The zero-order valence-corrected chi connectivity index (χ0v) is 7.55. The minimum Gasteiger partial charge on any atom is -0.460 e. The van der Waals surface area contributed by atoms with Crippen LogP contribution in [0.2, 0.25) is 0 Å². The Morgan fingerprint density at radius 2 is 2.08 bits per heavy atom. The van der Waals surface area contributed by atoms with Crippen LogP contribution in [0.3, 0.4) is 0 Å². The topological polar surface area (TPSA) is 55.4 Å². The van der Waals surface area contributed by atoms with Crippen LogP contribution in [0, 0.1) is 0 Å². The number of carbonyl (C=O) groups excluding carboxylic acids is 2. The van der Waals surface area contributed by atoms with E-state index in [4.69, 9.17) is 0 Å². The van der Waals surface area contributed by atoms with Gasteiger partial charge in [-0.3, -0.25) is 4.79 Å². The summed E-state index contributed by atoms with van der Waals surface area (Å²) in [6.45, 7) is 2.73. The molecule has 0 saturated carbocycles. The molecule has 0 aromatic rings. The molecule has 0 aromatic heterocycles. The summed E-state index contributed by atoms with van der Waals surface area (Å²) < 4.78 is 4.67. The van der Waals surface area contributed by atoms with Crippen molar-refractivity contribution in [3.05, 3.63) is 0 Å². The molecule has 0 aliphatic rings. The minimum atomic E-state index is -0.714. The molecule has 0 aromatic carbocycles. The second kappa shape index (κ2) is 6.79. The third-order valence-electron chi connectivity index (χ3n) is 1.35. The highest BCUT2D eigenvalue weighted by molar-refractivity contribution is 6.33. The minimum absolute atomic E-state index is 0.213. The summed E-state index contributed by atoms with van der Waals surface area (Å²) in [5.74, 6) is -1.17. The Morgan fingerprint density at radius 3 is 2.58 bits per heavy atom. The first kappa shape index (κ1) is 11.1. The Balaban J connectivity index is 3.38. The largest absolute Gasteiger partial charge is 0.460 e. The lowest BCUT2D eigenvalue weighted by Crippen LogP contribution is -2.18. The van der Waals surface area contributed by atoms with E-state index in [0.717, 1.165) is 13.0 Å². The fourth-order valence-corrected chi connectivity index (χ4v) is 0.639. The molecule has 0 fully saturated rings. The molecule has 4 heteroatoms. The third kappa shape index (κ3) is 4.85. The molecule has 0 rings (SSSR count). The summed E-state index contributed by atoms with van der Waals surface area (Å²) in [6.07, 6.45) is 0.949. The molecule has 0 atom stereocenters. The van der Waals surface area contributed by atoms with Gasteiger partial charge in [-0.1, -0.05) is 6.92 Å². The first-order valence-corrected chi connectivity index (χ1v) is 4.07. The number of ketones is 1. The van der Waals surface area contributed by atoms with Gasteiger partial charge in [-0.25, -0.2) is 4.79 Å². The average molecular weight is 173 g/mol. The highest BCUT2D eigenvalue weighted by Gasteiger charge is 2.11. The first-order chi connectivity index (χ1) is 5.72. The van der Waals surface area contributed by atoms with Crippen LogP contribution in [-0.2, 0) is 14.3 Å². The molecule has 0 spiro atoms. The first-order valence-electron chi connectivity index (χ1n) is 4.07. The predicted octanol–water partition coefficient (Wildman–Crippen LogP) is 0.118. The number of ether oxygens (including phenoxy) is 1. The molecule has 0 radical (unpaired) electrons. The molecule has 0 heterocycles. The maximum Gasteiger partial charge on any atom is 0.374 e. The monoisotopic (exact) mass is 173 g/mol. The average Bonchev–Trinajstić information content (AvgIpc) is 2.10. The molecule has 0 aliphatic heterocycles. The molecular formula is C8H15NO3. The maximum absolute atomic E-state index is 10.7. The Hall–Kier alpha value is -0.900. The van der Waals surface area contributed by atoms with Crippen LogP contribution in [0.5, 0.6) is 0 Å². The number of rotatable bonds is 6. The smallest absolute Gasteiger partial charge is 0.374 e. The molecule has 0 saturated heterocycles. The standard InChI is InChI=1S/C8H15NO3/c1-3-7(10)8(11)12-6-4-5-9-2/h9H,3-6H2,1-2H3. The van der Waals surface area contributed by atoms with Gasteiger partial charge in [0, 0.05) is 6.42 Å². The van der Waals surface area contributed by atoms with Crippen LogP contribution in [0.25, 0.3) is 0 Å². The molecule has 0 aliphatic carbocycles. The van der Waals surface area contributed by atoms with Crippen molar-refractivity contribution in [3.8, 4) is 0 Å². The van der Waals surface area contributed by atoms with Gasteiger partial charge in [-0.05, 0) is 20.0 Å². The van der Waals surface area contributed by atoms with Crippen molar-refractivity contribution in [2.45, 2.75) is 19.8 Å². The fraction of sp³-hybridized carbons (Fsp3) is 0.750. The van der Waals surface area contributed by atoms with Crippen LogP contribution in [-0.4, -0.2) is 32.0 Å². The molecule has 1 N–H and O–H groups in total. The number of nitrogens with one attached hydrogen (secondary N) is 1. The van der Waals surface area contributed by atoms with Crippen LogP contribution >= 0.6 is 0 Å². The highest BCUT2D eigenvalue weighted by Crippen LogP contribution is 1.88. The van der Waals surface area contributed by atoms with Gasteiger partial charge in [0.1, 0.15) is 0 Å².